The van der Waals surface area contributed by atoms with Gasteiger partial charge in [-0.1, -0.05) is 0 Å². The number of oxime groups is 1. The number of carboxylic acids is 1. The van der Waals surface area contributed by atoms with Gasteiger partial charge in [-0.05, 0) is 0 Å². The first-order chi connectivity index (χ1) is 21.8. The molecular formula is C33H32N5O5PS. The summed E-state index contributed by atoms with van der Waals surface area (Å²) >= 11 is 1.14. The molecule has 4 N–H and O–H groups in total. The van der Waals surface area contributed by atoms with Crippen LogP contribution in [-0.4, -0.2) is 63.8 Å². The molecule has 12 heteroatoms. The summed E-state index contributed by atoms with van der Waals surface area (Å²) in [6.07, 6.45) is 1.44. The number of carbonyl (C=O) groups excluding carboxylic acids is 2. The molecule has 0 radical (unpaired) electrons. The van der Waals surface area contributed by atoms with Gasteiger partial charge in [0.05, 0.1) is 0 Å². The maximum absolute atomic E-state index is 13.6. The number of β-lactam (4-membered cyclic amide) rings is 1. The zero-order valence-corrected chi connectivity index (χ0v) is 26.2. The number of anilines is 1. The number of hydrogen-bond acceptors (Lipinski definition) is 8. The molecule has 4 aromatic rings. The molecule has 1 saturated heterocycles. The van der Waals surface area contributed by atoms with Crippen LogP contribution in [0.15, 0.2) is 113 Å². The molecule has 2 atom stereocenters. The Balaban J connectivity index is 1.37. The summed E-state index contributed by atoms with van der Waals surface area (Å²) in [5, 5.41) is 22.4. The minimum absolute atomic E-state index is 0.000487. The first kappa shape index (κ1) is 30.2. The predicted octanol–water partition coefficient (Wildman–Crippen LogP) is 2.63. The van der Waals surface area contributed by atoms with E-state index in [1.807, 2.05) is 54.6 Å². The van der Waals surface area contributed by atoms with E-state index in [1.165, 1.54) is 12.0 Å². The average molecular weight is 642 g/mol. The Morgan fingerprint density at radius 1 is 1.02 bits per heavy atom. The van der Waals surface area contributed by atoms with Crippen LogP contribution in [0.4, 0.5) is 5.13 Å². The Morgan fingerprint density at radius 2 is 1.58 bits per heavy atom. The topological polar surface area (TPSA) is 147 Å². The number of aromatic nitrogens is 1. The van der Waals surface area contributed by atoms with Crippen molar-refractivity contribution < 1.29 is 24.3 Å². The van der Waals surface area contributed by atoms with Crippen molar-refractivity contribution in [2.75, 3.05) is 19.0 Å². The van der Waals surface area contributed by atoms with E-state index < -0.39 is 37.1 Å². The van der Waals surface area contributed by atoms with E-state index in [4.69, 9.17) is 10.6 Å². The van der Waals surface area contributed by atoms with Crippen LogP contribution in [-0.2, 0) is 19.2 Å². The van der Waals surface area contributed by atoms with Gasteiger partial charge in [0.25, 0.3) is 0 Å². The third-order valence-corrected chi connectivity index (χ3v) is 14.1. The zero-order chi connectivity index (χ0) is 31.6. The number of nitrogens with one attached hydrogen (secondary N) is 1. The Morgan fingerprint density at radius 3 is 2.04 bits per heavy atom. The van der Waals surface area contributed by atoms with Gasteiger partial charge >= 0.3 is 259 Å². The van der Waals surface area contributed by atoms with Gasteiger partial charge in [-0.15, -0.1) is 0 Å². The van der Waals surface area contributed by atoms with Crippen LogP contribution < -0.4 is 27.0 Å². The van der Waals surface area contributed by atoms with Crippen LogP contribution in [0.25, 0.3) is 0 Å². The molecule has 0 aliphatic carbocycles. The number of fused-ring (bicyclic) bond motifs is 1. The first-order valence-electron chi connectivity index (χ1n) is 14.4. The van der Waals surface area contributed by atoms with Gasteiger partial charge in [0.15, 0.2) is 0 Å². The van der Waals surface area contributed by atoms with E-state index >= 15 is 0 Å². The van der Waals surface area contributed by atoms with E-state index in [1.54, 1.807) is 5.38 Å². The van der Waals surface area contributed by atoms with Crippen molar-refractivity contribution in [3.63, 3.8) is 0 Å². The second-order valence-corrected chi connectivity index (χ2v) is 15.7. The number of benzene rings is 3. The van der Waals surface area contributed by atoms with Crippen LogP contribution in [0, 0.1) is 0 Å². The molecule has 2 aliphatic heterocycles. The molecule has 3 heterocycles. The number of thiazole rings is 1. The van der Waals surface area contributed by atoms with Crippen LogP contribution in [0.2, 0.25) is 0 Å². The van der Waals surface area contributed by atoms with E-state index in [0.717, 1.165) is 32.8 Å². The summed E-state index contributed by atoms with van der Waals surface area (Å²) in [6, 6.07) is 29.3. The van der Waals surface area contributed by atoms with Gasteiger partial charge < -0.3 is 5.73 Å². The van der Waals surface area contributed by atoms with Gasteiger partial charge in [0, 0.05) is 0 Å². The average Bonchev–Trinajstić information content (AvgIpc) is 3.51. The summed E-state index contributed by atoms with van der Waals surface area (Å²) in [6.45, 7) is 0. The molecule has 45 heavy (non-hydrogen) atoms. The second kappa shape index (κ2) is 12.6. The standard InChI is InChI=1S/C33H32N5O5PS/c1-43-37-27(25-20-45-33(34)35-25)30(39)36-28-26-18-17-21(29(32(41)42)38(26)31(28)40)19-44(22-11-5-2-6-12-22,23-13-7-3-8-14-23)24-15-9-4-10-16-24/h2-16,20,26,28,44H,17-19H2,1H3,(H2,34,35)(H,36,39)(H,41,42)/b37-27+/t26?,28-/m0/s1. The van der Waals surface area contributed by atoms with Gasteiger partial charge in [0.2, 0.25) is 0 Å². The summed E-state index contributed by atoms with van der Waals surface area (Å²) < 4.78 is 0. The summed E-state index contributed by atoms with van der Waals surface area (Å²) in [7, 11) is -1.52. The van der Waals surface area contributed by atoms with Crippen LogP contribution >= 0.6 is 18.6 Å². The fraction of sp³-hybridized carbons (Fsp3) is 0.182. The quantitative estimate of drug-likeness (QED) is 0.104. The molecule has 0 spiro atoms. The molecule has 1 unspecified atom stereocenters. The molecule has 10 nitrogen and oxygen atoms in total. The van der Waals surface area contributed by atoms with Gasteiger partial charge in [-0.2, -0.15) is 0 Å². The Hall–Kier alpha value is -4.86. The molecule has 0 saturated carbocycles. The fourth-order valence-corrected chi connectivity index (χ4v) is 11.9. The number of nitrogen functional groups attached to an aromatic ring is 1. The summed E-state index contributed by atoms with van der Waals surface area (Å²) in [5.41, 5.74) is 6.56. The molecule has 230 valence electrons. The number of hydrogen-bond donors (Lipinski definition) is 3. The molecule has 2 amide bonds. The van der Waals surface area contributed by atoms with E-state index in [-0.39, 0.29) is 22.2 Å². The van der Waals surface area contributed by atoms with Crippen molar-refractivity contribution in [3.05, 3.63) is 113 Å². The third kappa shape index (κ3) is 5.49. The Bertz CT molecular complexity index is 1700. The number of nitrogens with two attached hydrogens (primary N) is 1. The number of carboxylic acid groups (broad SMARTS) is 1. The van der Waals surface area contributed by atoms with Crippen LogP contribution in [0.3, 0.4) is 0 Å². The molecular weight excluding hydrogens is 609 g/mol. The SMILES string of the molecule is CO/N=C(/C(=O)N[C@@H]1C(=O)N2C(C(=O)O)=C(C[PH](c3ccccc3)(c3ccccc3)c3ccccc3)CCC12)c1csc(N)n1. The molecule has 6 rings (SSSR count). The zero-order valence-electron chi connectivity index (χ0n) is 24.4. The third-order valence-electron chi connectivity index (χ3n) is 8.47. The van der Waals surface area contributed by atoms with E-state index in [0.29, 0.717) is 19.0 Å². The van der Waals surface area contributed by atoms with E-state index in [2.05, 4.69) is 51.9 Å². The number of nitrogens with zero attached hydrogens (tertiary/aromatic N) is 3. The second-order valence-electron chi connectivity index (χ2n) is 10.9. The fourth-order valence-electron chi connectivity index (χ4n) is 6.51. The van der Waals surface area contributed by atoms with Crippen molar-refractivity contribution in [1.29, 1.82) is 0 Å². The number of allylic oxidation sites excluding steroid dienone is 1. The van der Waals surface area contributed by atoms with E-state index in [9.17, 15) is 19.5 Å². The molecule has 1 fully saturated rings. The number of carbonyl (C=O) groups is 3. The molecule has 1 aromatic heterocycles. The van der Waals surface area contributed by atoms with Crippen LogP contribution in [0.5, 0.6) is 0 Å². The summed E-state index contributed by atoms with van der Waals surface area (Å²) in [4.78, 5) is 50.0. The number of aliphatic carboxylic acids is 1. The van der Waals surface area contributed by atoms with Crippen molar-refractivity contribution in [2.24, 2.45) is 5.16 Å². The minimum atomic E-state index is -2.83. The molecule has 0 bridgehead atoms. The first-order valence-corrected chi connectivity index (χ1v) is 17.5. The number of rotatable bonds is 10. The predicted molar refractivity (Wildman–Crippen MR) is 178 cm³/mol. The van der Waals surface area contributed by atoms with Gasteiger partial charge in [0.1, 0.15) is 0 Å². The molecule has 3 aromatic carbocycles. The van der Waals surface area contributed by atoms with Gasteiger partial charge in [-0.25, -0.2) is 0 Å². The van der Waals surface area contributed by atoms with Crippen molar-refractivity contribution >= 4 is 63.1 Å². The van der Waals surface area contributed by atoms with Crippen molar-refractivity contribution in [3.8, 4) is 0 Å². The van der Waals surface area contributed by atoms with Crippen molar-refractivity contribution in [1.82, 2.24) is 15.2 Å². The monoisotopic (exact) mass is 641 g/mol. The number of amides is 2. The molecule has 2 aliphatic rings. The van der Waals surface area contributed by atoms with Gasteiger partial charge in [-0.3, -0.25) is 0 Å². The van der Waals surface area contributed by atoms with Crippen LogP contribution in [0.1, 0.15) is 18.5 Å². The Labute approximate surface area is 264 Å². The Kier molecular flexibility index (Phi) is 8.47. The normalized spacial score (nSPS) is 18.6. The summed E-state index contributed by atoms with van der Waals surface area (Å²) in [5.74, 6) is -2.30. The van der Waals surface area contributed by atoms with Crippen molar-refractivity contribution in [2.45, 2.75) is 24.9 Å². The maximum atomic E-state index is 13.6.